The molecular weight excluding hydrogens is 444 g/mol. The standard InChI is InChI=1S/C24H21ClN4O4/c1-31-16-12-13-19(20(14-16)32-2)26-24(30)27-21(15-8-4-3-5-9-15)23-29-28-22(33-23)17-10-6-7-11-18(17)25/h3-14,21H,1-2H3,(H2,26,27,30)/t21-/m0/s1. The molecule has 8 nitrogen and oxygen atoms in total. The van der Waals surface area contributed by atoms with E-state index in [1.807, 2.05) is 42.5 Å². The number of rotatable bonds is 7. The predicted molar refractivity (Wildman–Crippen MR) is 125 cm³/mol. The second kappa shape index (κ2) is 10.1. The summed E-state index contributed by atoms with van der Waals surface area (Å²) in [6, 6.07) is 20.4. The van der Waals surface area contributed by atoms with Crippen LogP contribution in [-0.2, 0) is 0 Å². The van der Waals surface area contributed by atoms with Gasteiger partial charge in [-0.15, -0.1) is 10.2 Å². The Bertz CT molecular complexity index is 1250. The Balaban J connectivity index is 1.60. The third kappa shape index (κ3) is 5.07. The zero-order chi connectivity index (χ0) is 23.2. The van der Waals surface area contributed by atoms with Gasteiger partial charge in [0.25, 0.3) is 0 Å². The summed E-state index contributed by atoms with van der Waals surface area (Å²) in [6.45, 7) is 0. The fourth-order valence-electron chi connectivity index (χ4n) is 3.22. The molecule has 1 atom stereocenters. The van der Waals surface area contributed by atoms with Crippen LogP contribution in [0.15, 0.2) is 77.2 Å². The molecule has 9 heteroatoms. The highest BCUT2D eigenvalue weighted by atomic mass is 35.5. The van der Waals surface area contributed by atoms with Gasteiger partial charge in [0.2, 0.25) is 11.8 Å². The molecule has 2 N–H and O–H groups in total. The smallest absolute Gasteiger partial charge is 0.320 e. The normalized spacial score (nSPS) is 11.5. The largest absolute Gasteiger partial charge is 0.497 e. The van der Waals surface area contributed by atoms with E-state index in [1.165, 1.54) is 7.11 Å². The van der Waals surface area contributed by atoms with Crippen molar-refractivity contribution < 1.29 is 18.7 Å². The van der Waals surface area contributed by atoms with E-state index in [9.17, 15) is 4.79 Å². The minimum Gasteiger partial charge on any atom is -0.497 e. The minimum absolute atomic E-state index is 0.216. The number of benzene rings is 3. The van der Waals surface area contributed by atoms with Gasteiger partial charge in [-0.25, -0.2) is 4.79 Å². The van der Waals surface area contributed by atoms with Crippen molar-refractivity contribution in [2.24, 2.45) is 0 Å². The lowest BCUT2D eigenvalue weighted by atomic mass is 10.1. The van der Waals surface area contributed by atoms with Crippen molar-refractivity contribution in [1.82, 2.24) is 15.5 Å². The second-order valence-corrected chi connectivity index (χ2v) is 7.34. The number of halogens is 1. The Kier molecular flexibility index (Phi) is 6.75. The molecule has 4 rings (SSSR count). The second-order valence-electron chi connectivity index (χ2n) is 6.93. The maximum absolute atomic E-state index is 12.9. The highest BCUT2D eigenvalue weighted by molar-refractivity contribution is 6.33. The van der Waals surface area contributed by atoms with E-state index in [0.29, 0.717) is 27.8 Å². The molecule has 0 saturated carbocycles. The highest BCUT2D eigenvalue weighted by Crippen LogP contribution is 2.31. The molecular formula is C24H21ClN4O4. The maximum atomic E-state index is 12.9. The van der Waals surface area contributed by atoms with Crippen molar-refractivity contribution >= 4 is 23.3 Å². The average Bonchev–Trinajstić information content (AvgIpc) is 3.33. The molecule has 0 aliphatic rings. The van der Waals surface area contributed by atoms with Crippen molar-refractivity contribution in [2.75, 3.05) is 19.5 Å². The number of aromatic nitrogens is 2. The highest BCUT2D eigenvalue weighted by Gasteiger charge is 2.24. The van der Waals surface area contributed by atoms with E-state index in [4.69, 9.17) is 25.5 Å². The molecule has 1 aromatic heterocycles. The predicted octanol–water partition coefficient (Wildman–Crippen LogP) is 5.32. The van der Waals surface area contributed by atoms with Gasteiger partial charge in [-0.1, -0.05) is 54.1 Å². The van der Waals surface area contributed by atoms with Gasteiger partial charge in [0, 0.05) is 6.07 Å². The lowest BCUT2D eigenvalue weighted by Crippen LogP contribution is -2.33. The van der Waals surface area contributed by atoms with Crippen LogP contribution in [0.1, 0.15) is 17.5 Å². The summed E-state index contributed by atoms with van der Waals surface area (Å²) in [5, 5.41) is 14.5. The SMILES string of the molecule is COc1ccc(NC(=O)N[C@@H](c2ccccc2)c2nnc(-c3ccccc3Cl)o2)c(OC)c1. The molecule has 0 aliphatic carbocycles. The number of nitrogens with zero attached hydrogens (tertiary/aromatic N) is 2. The molecule has 0 radical (unpaired) electrons. The topological polar surface area (TPSA) is 98.5 Å². The van der Waals surface area contributed by atoms with Gasteiger partial charge in [-0.3, -0.25) is 0 Å². The summed E-state index contributed by atoms with van der Waals surface area (Å²) in [4.78, 5) is 12.9. The number of carbonyl (C=O) groups is 1. The van der Waals surface area contributed by atoms with Crippen molar-refractivity contribution in [2.45, 2.75) is 6.04 Å². The molecule has 168 valence electrons. The van der Waals surface area contributed by atoms with Gasteiger partial charge in [0.1, 0.15) is 17.5 Å². The first-order valence-corrected chi connectivity index (χ1v) is 10.4. The van der Waals surface area contributed by atoms with Crippen LogP contribution in [0.3, 0.4) is 0 Å². The first kappa shape index (κ1) is 22.2. The Hall–Kier alpha value is -4.04. The van der Waals surface area contributed by atoms with Crippen molar-refractivity contribution in [3.8, 4) is 23.0 Å². The number of carbonyl (C=O) groups excluding carboxylic acids is 1. The van der Waals surface area contributed by atoms with E-state index in [2.05, 4.69) is 20.8 Å². The molecule has 0 unspecified atom stereocenters. The Morgan fingerprint density at radius 2 is 1.73 bits per heavy atom. The fraction of sp³-hybridized carbons (Fsp3) is 0.125. The fourth-order valence-corrected chi connectivity index (χ4v) is 3.44. The summed E-state index contributed by atoms with van der Waals surface area (Å²) >= 11 is 6.26. The molecule has 0 spiro atoms. The number of anilines is 1. The molecule has 0 aliphatic heterocycles. The average molecular weight is 465 g/mol. The van der Waals surface area contributed by atoms with Gasteiger partial charge in [0.05, 0.1) is 30.5 Å². The summed E-state index contributed by atoms with van der Waals surface area (Å²) in [6.07, 6.45) is 0. The maximum Gasteiger partial charge on any atom is 0.320 e. The first-order chi connectivity index (χ1) is 16.1. The summed E-state index contributed by atoms with van der Waals surface area (Å²) in [5.41, 5.74) is 1.85. The van der Waals surface area contributed by atoms with E-state index in [-0.39, 0.29) is 11.8 Å². The van der Waals surface area contributed by atoms with E-state index in [0.717, 1.165) is 5.56 Å². The Morgan fingerprint density at radius 1 is 0.970 bits per heavy atom. The number of nitrogens with one attached hydrogen (secondary N) is 2. The Labute approximate surface area is 195 Å². The zero-order valence-electron chi connectivity index (χ0n) is 17.9. The summed E-state index contributed by atoms with van der Waals surface area (Å²) < 4.78 is 16.5. The van der Waals surface area contributed by atoms with Gasteiger partial charge in [-0.05, 0) is 29.8 Å². The van der Waals surface area contributed by atoms with Gasteiger partial charge >= 0.3 is 6.03 Å². The van der Waals surface area contributed by atoms with Crippen molar-refractivity contribution in [1.29, 1.82) is 0 Å². The van der Waals surface area contributed by atoms with Crippen LogP contribution < -0.4 is 20.1 Å². The number of ether oxygens (including phenoxy) is 2. The van der Waals surface area contributed by atoms with Crippen molar-refractivity contribution in [3.63, 3.8) is 0 Å². The van der Waals surface area contributed by atoms with Crippen LogP contribution in [-0.4, -0.2) is 30.4 Å². The van der Waals surface area contributed by atoms with E-state index in [1.54, 1.807) is 37.4 Å². The van der Waals surface area contributed by atoms with E-state index >= 15 is 0 Å². The summed E-state index contributed by atoms with van der Waals surface area (Å²) in [5.74, 6) is 1.54. The van der Waals surface area contributed by atoms with Crippen LogP contribution in [0.25, 0.3) is 11.5 Å². The van der Waals surface area contributed by atoms with Crippen LogP contribution in [0.4, 0.5) is 10.5 Å². The number of hydrogen-bond donors (Lipinski definition) is 2. The zero-order valence-corrected chi connectivity index (χ0v) is 18.7. The minimum atomic E-state index is -0.695. The number of hydrogen-bond acceptors (Lipinski definition) is 6. The van der Waals surface area contributed by atoms with Crippen LogP contribution in [0.5, 0.6) is 11.5 Å². The molecule has 1 heterocycles. The monoisotopic (exact) mass is 464 g/mol. The summed E-state index contributed by atoms with van der Waals surface area (Å²) in [7, 11) is 3.07. The van der Waals surface area contributed by atoms with Crippen molar-refractivity contribution in [3.05, 3.63) is 89.3 Å². The van der Waals surface area contributed by atoms with Gasteiger partial charge in [-0.2, -0.15) is 0 Å². The third-order valence-electron chi connectivity index (χ3n) is 4.86. The molecule has 4 aromatic rings. The van der Waals surface area contributed by atoms with Crippen LogP contribution >= 0.6 is 11.6 Å². The molecule has 0 saturated heterocycles. The van der Waals surface area contributed by atoms with E-state index < -0.39 is 12.1 Å². The van der Waals surface area contributed by atoms with Crippen LogP contribution in [0.2, 0.25) is 5.02 Å². The Morgan fingerprint density at radius 3 is 2.45 bits per heavy atom. The number of urea groups is 1. The lowest BCUT2D eigenvalue weighted by Gasteiger charge is -2.17. The lowest BCUT2D eigenvalue weighted by molar-refractivity contribution is 0.248. The number of amides is 2. The number of methoxy groups -OCH3 is 2. The first-order valence-electron chi connectivity index (χ1n) is 10.0. The molecule has 0 fully saturated rings. The molecule has 3 aromatic carbocycles. The van der Waals surface area contributed by atoms with Gasteiger partial charge in [0.15, 0.2) is 0 Å². The molecule has 33 heavy (non-hydrogen) atoms. The molecule has 0 bridgehead atoms. The van der Waals surface area contributed by atoms with Gasteiger partial charge < -0.3 is 24.5 Å². The van der Waals surface area contributed by atoms with Crippen LogP contribution in [0, 0.1) is 0 Å². The third-order valence-corrected chi connectivity index (χ3v) is 5.19. The quantitative estimate of drug-likeness (QED) is 0.384. The molecule has 2 amide bonds.